The van der Waals surface area contributed by atoms with Crippen molar-refractivity contribution in [2.75, 3.05) is 5.32 Å². The molecule has 1 fully saturated rings. The number of H-pyrrole nitrogens is 1. The summed E-state index contributed by atoms with van der Waals surface area (Å²) in [5, 5.41) is 17.1. The largest absolute Gasteiger partial charge is 0.309 e. The fourth-order valence-corrected chi connectivity index (χ4v) is 2.99. The van der Waals surface area contributed by atoms with Crippen LogP contribution in [0.1, 0.15) is 35.0 Å². The predicted octanol–water partition coefficient (Wildman–Crippen LogP) is 2.42. The Morgan fingerprint density at radius 1 is 1.52 bits per heavy atom. The molecule has 0 radical (unpaired) electrons. The van der Waals surface area contributed by atoms with Gasteiger partial charge in [0.25, 0.3) is 0 Å². The van der Waals surface area contributed by atoms with Crippen molar-refractivity contribution >= 4 is 23.1 Å². The molecule has 3 heterocycles. The molecule has 0 atom stereocenters. The van der Waals surface area contributed by atoms with E-state index in [9.17, 15) is 4.79 Å². The van der Waals surface area contributed by atoms with E-state index in [1.165, 1.54) is 12.8 Å². The maximum atomic E-state index is 12.1. The molecule has 1 saturated carbocycles. The Morgan fingerprint density at radius 3 is 3.13 bits per heavy atom. The van der Waals surface area contributed by atoms with Gasteiger partial charge in [0.2, 0.25) is 5.91 Å². The van der Waals surface area contributed by atoms with Crippen LogP contribution in [0.5, 0.6) is 0 Å². The Hall–Kier alpha value is -2.48. The summed E-state index contributed by atoms with van der Waals surface area (Å²) in [6.45, 7) is 1.95. The molecule has 0 bridgehead atoms. The number of rotatable bonds is 5. The van der Waals surface area contributed by atoms with Crippen LogP contribution in [0.2, 0.25) is 0 Å². The Kier molecular flexibility index (Phi) is 3.45. The van der Waals surface area contributed by atoms with E-state index in [4.69, 9.17) is 0 Å². The van der Waals surface area contributed by atoms with Gasteiger partial charge < -0.3 is 5.32 Å². The topological polar surface area (TPSA) is 88.5 Å². The Labute approximate surface area is 136 Å². The Balaban J connectivity index is 1.39. The first kappa shape index (κ1) is 14.1. The predicted molar refractivity (Wildman–Crippen MR) is 86.9 cm³/mol. The number of aromatic amines is 1. The van der Waals surface area contributed by atoms with E-state index >= 15 is 0 Å². The van der Waals surface area contributed by atoms with Crippen LogP contribution in [-0.2, 0) is 11.2 Å². The van der Waals surface area contributed by atoms with Crippen molar-refractivity contribution in [3.63, 3.8) is 0 Å². The van der Waals surface area contributed by atoms with Crippen molar-refractivity contribution in [3.05, 3.63) is 40.1 Å². The first-order valence-electron chi connectivity index (χ1n) is 7.48. The lowest BCUT2D eigenvalue weighted by Gasteiger charge is -1.99. The average Bonchev–Trinajstić information content (AvgIpc) is 2.91. The second-order valence-corrected chi connectivity index (χ2v) is 6.79. The average molecular weight is 328 g/mol. The van der Waals surface area contributed by atoms with Gasteiger partial charge in [-0.2, -0.15) is 10.2 Å². The molecule has 23 heavy (non-hydrogen) atoms. The highest BCUT2D eigenvalue weighted by Crippen LogP contribution is 2.39. The second kappa shape index (κ2) is 5.62. The lowest BCUT2D eigenvalue weighted by molar-refractivity contribution is -0.115. The molecule has 8 heteroatoms. The third kappa shape index (κ3) is 3.16. The zero-order chi connectivity index (χ0) is 15.8. The van der Waals surface area contributed by atoms with Crippen molar-refractivity contribution in [3.8, 4) is 5.82 Å². The molecule has 2 N–H and O–H groups in total. The minimum Gasteiger partial charge on any atom is -0.309 e. The van der Waals surface area contributed by atoms with Crippen LogP contribution in [-0.4, -0.2) is 30.9 Å². The number of aromatic nitrogens is 5. The number of amides is 1. The molecular weight excluding hydrogens is 312 g/mol. The SMILES string of the molecule is Cc1nc(-n2cc(CC(=O)Nc3cc(C4CC4)[nH]n3)cn2)cs1. The Morgan fingerprint density at radius 2 is 2.39 bits per heavy atom. The van der Waals surface area contributed by atoms with E-state index in [0.29, 0.717) is 11.7 Å². The normalized spacial score (nSPS) is 14.1. The number of aryl methyl sites for hydroxylation is 1. The number of hydrogen-bond acceptors (Lipinski definition) is 5. The molecule has 1 aliphatic rings. The van der Waals surface area contributed by atoms with Crippen molar-refractivity contribution in [1.82, 2.24) is 25.0 Å². The summed E-state index contributed by atoms with van der Waals surface area (Å²) < 4.78 is 1.69. The fourth-order valence-electron chi connectivity index (χ4n) is 2.41. The van der Waals surface area contributed by atoms with Crippen LogP contribution < -0.4 is 5.32 Å². The maximum Gasteiger partial charge on any atom is 0.230 e. The summed E-state index contributed by atoms with van der Waals surface area (Å²) in [4.78, 5) is 16.5. The third-order valence-corrected chi connectivity index (χ3v) is 4.49. The molecule has 7 nitrogen and oxygen atoms in total. The zero-order valence-electron chi connectivity index (χ0n) is 12.6. The number of thiazole rings is 1. The molecule has 3 aromatic rings. The van der Waals surface area contributed by atoms with Gasteiger partial charge in [0.05, 0.1) is 17.6 Å². The standard InChI is InChI=1S/C15H16N6OS/c1-9-17-14(8-23-9)21-7-10(6-16-21)4-15(22)18-13-5-12(19-20-13)11-2-3-11/h5-8,11H,2-4H2,1H3,(H2,18,19,20,22). The van der Waals surface area contributed by atoms with Crippen molar-refractivity contribution in [1.29, 1.82) is 0 Å². The molecule has 1 amide bonds. The molecular formula is C15H16N6OS. The van der Waals surface area contributed by atoms with Crippen molar-refractivity contribution in [2.24, 2.45) is 0 Å². The summed E-state index contributed by atoms with van der Waals surface area (Å²) in [7, 11) is 0. The molecule has 0 aliphatic heterocycles. The van der Waals surface area contributed by atoms with E-state index in [1.807, 2.05) is 24.6 Å². The smallest absolute Gasteiger partial charge is 0.230 e. The van der Waals surface area contributed by atoms with Gasteiger partial charge in [-0.15, -0.1) is 11.3 Å². The zero-order valence-corrected chi connectivity index (χ0v) is 13.4. The van der Waals surface area contributed by atoms with Gasteiger partial charge >= 0.3 is 0 Å². The molecule has 3 aromatic heterocycles. The number of hydrogen-bond donors (Lipinski definition) is 2. The summed E-state index contributed by atoms with van der Waals surface area (Å²) in [6, 6.07) is 1.91. The highest BCUT2D eigenvalue weighted by molar-refractivity contribution is 7.09. The third-order valence-electron chi connectivity index (χ3n) is 3.72. The molecule has 118 valence electrons. The van der Waals surface area contributed by atoms with E-state index in [1.54, 1.807) is 22.2 Å². The molecule has 0 spiro atoms. The fraction of sp³-hybridized carbons (Fsp3) is 0.333. The van der Waals surface area contributed by atoms with Crippen LogP contribution in [0.4, 0.5) is 5.82 Å². The lowest BCUT2D eigenvalue weighted by atomic mass is 10.2. The van der Waals surface area contributed by atoms with E-state index in [2.05, 4.69) is 25.6 Å². The van der Waals surface area contributed by atoms with Crippen LogP contribution >= 0.6 is 11.3 Å². The van der Waals surface area contributed by atoms with E-state index < -0.39 is 0 Å². The number of nitrogens with one attached hydrogen (secondary N) is 2. The van der Waals surface area contributed by atoms with Crippen LogP contribution in [0, 0.1) is 6.92 Å². The van der Waals surface area contributed by atoms with E-state index in [-0.39, 0.29) is 12.3 Å². The lowest BCUT2D eigenvalue weighted by Crippen LogP contribution is -2.14. The minimum atomic E-state index is -0.104. The molecule has 0 aromatic carbocycles. The molecule has 4 rings (SSSR count). The first-order valence-corrected chi connectivity index (χ1v) is 8.36. The Bertz CT molecular complexity index is 844. The van der Waals surface area contributed by atoms with Gasteiger partial charge in [0.1, 0.15) is 0 Å². The summed E-state index contributed by atoms with van der Waals surface area (Å²) in [5.41, 5.74) is 1.94. The van der Waals surface area contributed by atoms with Gasteiger partial charge in [0.15, 0.2) is 11.6 Å². The molecule has 1 aliphatic carbocycles. The number of nitrogens with zero attached hydrogens (tertiary/aromatic N) is 4. The van der Waals surface area contributed by atoms with Crippen molar-refractivity contribution in [2.45, 2.75) is 32.1 Å². The monoisotopic (exact) mass is 328 g/mol. The summed E-state index contributed by atoms with van der Waals surface area (Å²) in [6.07, 6.45) is 6.17. The number of anilines is 1. The van der Waals surface area contributed by atoms with Crippen LogP contribution in [0.15, 0.2) is 23.8 Å². The van der Waals surface area contributed by atoms with E-state index in [0.717, 1.165) is 22.1 Å². The summed E-state index contributed by atoms with van der Waals surface area (Å²) in [5.74, 6) is 1.85. The van der Waals surface area contributed by atoms with Gasteiger partial charge in [-0.25, -0.2) is 9.67 Å². The minimum absolute atomic E-state index is 0.104. The molecule has 0 unspecified atom stereocenters. The molecule has 0 saturated heterocycles. The van der Waals surface area contributed by atoms with Crippen LogP contribution in [0.25, 0.3) is 5.82 Å². The first-order chi connectivity index (χ1) is 11.2. The van der Waals surface area contributed by atoms with Gasteiger partial charge in [-0.05, 0) is 25.3 Å². The van der Waals surface area contributed by atoms with Crippen LogP contribution in [0.3, 0.4) is 0 Å². The maximum absolute atomic E-state index is 12.1. The quantitative estimate of drug-likeness (QED) is 0.753. The summed E-state index contributed by atoms with van der Waals surface area (Å²) >= 11 is 1.57. The van der Waals surface area contributed by atoms with Gasteiger partial charge in [-0.3, -0.25) is 9.89 Å². The van der Waals surface area contributed by atoms with Gasteiger partial charge in [-0.1, -0.05) is 0 Å². The highest BCUT2D eigenvalue weighted by Gasteiger charge is 2.25. The van der Waals surface area contributed by atoms with Crippen molar-refractivity contribution < 1.29 is 4.79 Å². The van der Waals surface area contributed by atoms with Gasteiger partial charge in [0, 0.05) is 29.3 Å². The second-order valence-electron chi connectivity index (χ2n) is 5.73. The number of carbonyl (C=O) groups excluding carboxylic acids is 1. The number of carbonyl (C=O) groups is 1. The highest BCUT2D eigenvalue weighted by atomic mass is 32.1.